The van der Waals surface area contributed by atoms with Crippen LogP contribution in [0.4, 0.5) is 0 Å². The maximum atomic E-state index is 3.36. The first-order chi connectivity index (χ1) is 10.8. The Morgan fingerprint density at radius 2 is 1.36 bits per heavy atom. The molecule has 0 fully saturated rings. The van der Waals surface area contributed by atoms with Crippen molar-refractivity contribution in [2.45, 2.75) is 6.92 Å². The number of fused-ring (bicyclic) bond motifs is 1. The molecule has 0 saturated heterocycles. The third-order valence-electron chi connectivity index (χ3n) is 4.14. The van der Waals surface area contributed by atoms with Crippen molar-refractivity contribution in [3.8, 4) is 22.3 Å². The van der Waals surface area contributed by atoms with E-state index in [1.165, 1.54) is 38.7 Å². The van der Waals surface area contributed by atoms with Crippen LogP contribution in [0.5, 0.6) is 0 Å². The average Bonchev–Trinajstić information content (AvgIpc) is 2.99. The van der Waals surface area contributed by atoms with Crippen LogP contribution in [0.2, 0.25) is 0 Å². The summed E-state index contributed by atoms with van der Waals surface area (Å²) in [6.45, 7) is 2.13. The molecule has 0 spiro atoms. The Labute approximate surface area is 130 Å². The van der Waals surface area contributed by atoms with Crippen molar-refractivity contribution in [1.29, 1.82) is 0 Å². The lowest BCUT2D eigenvalue weighted by atomic mass is 9.99. The largest absolute Gasteiger partial charge is 0.361 e. The van der Waals surface area contributed by atoms with Gasteiger partial charge in [-0.25, -0.2) is 0 Å². The lowest BCUT2D eigenvalue weighted by molar-refractivity contribution is 1.45. The Bertz CT molecular complexity index is 915. The Balaban J connectivity index is 1.78. The molecular formula is C21H17N. The summed E-state index contributed by atoms with van der Waals surface area (Å²) < 4.78 is 0. The normalized spacial score (nSPS) is 11.0. The van der Waals surface area contributed by atoms with Crippen LogP contribution in [0, 0.1) is 6.92 Å². The summed E-state index contributed by atoms with van der Waals surface area (Å²) in [7, 11) is 0. The molecule has 1 aromatic heterocycles. The fraction of sp³-hybridized carbons (Fsp3) is 0.0476. The first kappa shape index (κ1) is 12.9. The standard InChI is InChI=1S/C21H17N/c1-15-7-12-21-19(13-15)20(14-22-21)18-10-8-17(9-11-18)16-5-3-2-4-6-16/h2-14,22H,1H3. The van der Waals surface area contributed by atoms with Crippen molar-refractivity contribution in [2.75, 3.05) is 0 Å². The van der Waals surface area contributed by atoms with E-state index in [4.69, 9.17) is 0 Å². The number of aromatic nitrogens is 1. The molecule has 0 saturated carbocycles. The minimum atomic E-state index is 1.19. The van der Waals surface area contributed by atoms with Gasteiger partial charge in [0.2, 0.25) is 0 Å². The lowest BCUT2D eigenvalue weighted by Gasteiger charge is -2.04. The number of rotatable bonds is 2. The highest BCUT2D eigenvalue weighted by Crippen LogP contribution is 2.30. The van der Waals surface area contributed by atoms with Gasteiger partial charge in [-0.2, -0.15) is 0 Å². The average molecular weight is 283 g/mol. The van der Waals surface area contributed by atoms with Crippen molar-refractivity contribution < 1.29 is 0 Å². The number of hydrogen-bond donors (Lipinski definition) is 1. The molecule has 106 valence electrons. The van der Waals surface area contributed by atoms with Crippen LogP contribution in [-0.2, 0) is 0 Å². The lowest BCUT2D eigenvalue weighted by Crippen LogP contribution is -1.79. The molecule has 0 bridgehead atoms. The Morgan fingerprint density at radius 3 is 2.14 bits per heavy atom. The molecule has 3 aromatic carbocycles. The highest BCUT2D eigenvalue weighted by molar-refractivity contribution is 5.96. The van der Waals surface area contributed by atoms with Crippen molar-refractivity contribution in [2.24, 2.45) is 0 Å². The van der Waals surface area contributed by atoms with Crippen molar-refractivity contribution in [3.63, 3.8) is 0 Å². The fourth-order valence-corrected chi connectivity index (χ4v) is 2.95. The van der Waals surface area contributed by atoms with E-state index in [0.29, 0.717) is 0 Å². The molecule has 0 unspecified atom stereocenters. The summed E-state index contributed by atoms with van der Waals surface area (Å²) >= 11 is 0. The van der Waals surface area contributed by atoms with Gasteiger partial charge >= 0.3 is 0 Å². The van der Waals surface area contributed by atoms with Gasteiger partial charge < -0.3 is 4.98 Å². The minimum absolute atomic E-state index is 1.19. The van der Waals surface area contributed by atoms with Crippen LogP contribution < -0.4 is 0 Å². The number of hydrogen-bond acceptors (Lipinski definition) is 0. The van der Waals surface area contributed by atoms with Crippen molar-refractivity contribution in [1.82, 2.24) is 4.98 Å². The SMILES string of the molecule is Cc1ccc2[nH]cc(-c3ccc(-c4ccccc4)cc3)c2c1. The monoisotopic (exact) mass is 283 g/mol. The van der Waals surface area contributed by atoms with Gasteiger partial charge in [0.15, 0.2) is 0 Å². The highest BCUT2D eigenvalue weighted by atomic mass is 14.7. The van der Waals surface area contributed by atoms with Crippen LogP contribution in [0.3, 0.4) is 0 Å². The predicted octanol–water partition coefficient (Wildman–Crippen LogP) is 5.81. The topological polar surface area (TPSA) is 15.8 Å². The van der Waals surface area contributed by atoms with E-state index in [0.717, 1.165) is 0 Å². The van der Waals surface area contributed by atoms with E-state index >= 15 is 0 Å². The molecule has 1 nitrogen and oxygen atoms in total. The maximum absolute atomic E-state index is 3.36. The number of H-pyrrole nitrogens is 1. The Hall–Kier alpha value is -2.80. The molecule has 1 N–H and O–H groups in total. The molecular weight excluding hydrogens is 266 g/mol. The second-order valence-electron chi connectivity index (χ2n) is 5.69. The minimum Gasteiger partial charge on any atom is -0.361 e. The van der Waals surface area contributed by atoms with E-state index < -0.39 is 0 Å². The van der Waals surface area contributed by atoms with E-state index in [1.54, 1.807) is 0 Å². The zero-order valence-corrected chi connectivity index (χ0v) is 12.5. The van der Waals surface area contributed by atoms with Crippen molar-refractivity contribution >= 4 is 10.9 Å². The first-order valence-corrected chi connectivity index (χ1v) is 7.55. The van der Waals surface area contributed by atoms with Crippen LogP contribution in [0.25, 0.3) is 33.2 Å². The molecule has 1 heterocycles. The summed E-state index contributed by atoms with van der Waals surface area (Å²) in [6, 6.07) is 25.8. The van der Waals surface area contributed by atoms with Crippen LogP contribution >= 0.6 is 0 Å². The third-order valence-corrected chi connectivity index (χ3v) is 4.14. The van der Waals surface area contributed by atoms with E-state index in [-0.39, 0.29) is 0 Å². The van der Waals surface area contributed by atoms with Crippen LogP contribution in [0.15, 0.2) is 79.0 Å². The summed E-state index contributed by atoms with van der Waals surface area (Å²) in [5.74, 6) is 0. The molecule has 0 atom stereocenters. The fourth-order valence-electron chi connectivity index (χ4n) is 2.95. The molecule has 0 aliphatic rings. The number of aryl methyl sites for hydroxylation is 1. The zero-order chi connectivity index (χ0) is 14.9. The molecule has 4 aromatic rings. The molecule has 0 aliphatic carbocycles. The molecule has 22 heavy (non-hydrogen) atoms. The summed E-state index contributed by atoms with van der Waals surface area (Å²) in [6.07, 6.45) is 2.10. The highest BCUT2D eigenvalue weighted by Gasteiger charge is 2.06. The quantitative estimate of drug-likeness (QED) is 0.478. The Morgan fingerprint density at radius 1 is 0.682 bits per heavy atom. The second-order valence-corrected chi connectivity index (χ2v) is 5.69. The number of nitrogens with one attached hydrogen (secondary N) is 1. The second kappa shape index (κ2) is 5.19. The van der Waals surface area contributed by atoms with Gasteiger partial charge in [0.05, 0.1) is 0 Å². The third kappa shape index (κ3) is 2.21. The van der Waals surface area contributed by atoms with E-state index in [9.17, 15) is 0 Å². The summed E-state index contributed by atoms with van der Waals surface area (Å²) in [5.41, 5.74) is 7.49. The molecule has 4 rings (SSSR count). The van der Waals surface area contributed by atoms with Crippen LogP contribution in [0.1, 0.15) is 5.56 Å². The van der Waals surface area contributed by atoms with Gasteiger partial charge in [-0.05, 0) is 35.7 Å². The van der Waals surface area contributed by atoms with E-state index in [2.05, 4.69) is 84.8 Å². The first-order valence-electron chi connectivity index (χ1n) is 7.55. The van der Waals surface area contributed by atoms with E-state index in [1.807, 2.05) is 6.07 Å². The number of aromatic amines is 1. The predicted molar refractivity (Wildman–Crippen MR) is 93.9 cm³/mol. The van der Waals surface area contributed by atoms with Gasteiger partial charge in [-0.1, -0.05) is 66.2 Å². The number of benzene rings is 3. The maximum Gasteiger partial charge on any atom is 0.0460 e. The summed E-state index contributed by atoms with van der Waals surface area (Å²) in [5, 5.41) is 1.28. The van der Waals surface area contributed by atoms with Gasteiger partial charge in [-0.15, -0.1) is 0 Å². The summed E-state index contributed by atoms with van der Waals surface area (Å²) in [4.78, 5) is 3.36. The zero-order valence-electron chi connectivity index (χ0n) is 12.5. The molecule has 0 amide bonds. The smallest absolute Gasteiger partial charge is 0.0460 e. The Kier molecular flexibility index (Phi) is 3.05. The molecule has 0 aliphatic heterocycles. The van der Waals surface area contributed by atoms with Gasteiger partial charge in [-0.3, -0.25) is 0 Å². The van der Waals surface area contributed by atoms with Crippen molar-refractivity contribution in [3.05, 3.63) is 84.6 Å². The van der Waals surface area contributed by atoms with Gasteiger partial charge in [0.25, 0.3) is 0 Å². The van der Waals surface area contributed by atoms with Crippen LogP contribution in [-0.4, -0.2) is 4.98 Å². The molecule has 0 radical (unpaired) electrons. The van der Waals surface area contributed by atoms with Gasteiger partial charge in [0.1, 0.15) is 0 Å². The van der Waals surface area contributed by atoms with Gasteiger partial charge in [0, 0.05) is 22.7 Å². The molecule has 1 heteroatoms.